The molecule has 0 fully saturated rings. The molecule has 0 aliphatic rings. The van der Waals surface area contributed by atoms with Gasteiger partial charge in [0.15, 0.2) is 0 Å². The number of benzene rings is 2. The van der Waals surface area contributed by atoms with Crippen molar-refractivity contribution in [3.63, 3.8) is 0 Å². The van der Waals surface area contributed by atoms with E-state index in [0.29, 0.717) is 35.1 Å². The molecule has 0 saturated heterocycles. The standard InChI is InChI=1S/C33H28F3N5O5S/c1-20-8-10-24(11-9-20)47(44,45)41-29(23-15-37-40(16-23)33(34,35)36)13-26-28(18-39(3)32(43)31(26)41)25-14-30(42)38(2)17-27(25)22-7-5-6-21(12-22)19-46-4/h5-18H,19H2,1-4H3. The highest BCUT2D eigenvalue weighted by Gasteiger charge is 2.34. The van der Waals surface area contributed by atoms with E-state index in [4.69, 9.17) is 4.74 Å². The summed E-state index contributed by atoms with van der Waals surface area (Å²) in [6.07, 6.45) is -0.215. The lowest BCUT2D eigenvalue weighted by atomic mass is 9.94. The SMILES string of the molecule is COCc1cccc(-c2cn(C)c(=O)cc2-c2cn(C)c(=O)c3c2cc(-c2cnn(C(F)(F)F)c2)n3S(=O)(=O)c2ccc(C)cc2)c1. The maximum Gasteiger partial charge on any atom is 0.504 e. The predicted molar refractivity (Wildman–Crippen MR) is 170 cm³/mol. The molecule has 0 amide bonds. The largest absolute Gasteiger partial charge is 0.504 e. The van der Waals surface area contributed by atoms with E-state index < -0.39 is 21.9 Å². The molecule has 0 N–H and O–H groups in total. The summed E-state index contributed by atoms with van der Waals surface area (Å²) in [5.41, 5.74) is 1.81. The van der Waals surface area contributed by atoms with Gasteiger partial charge < -0.3 is 13.9 Å². The second-order valence-electron chi connectivity index (χ2n) is 11.2. The van der Waals surface area contributed by atoms with Crippen LogP contribution in [0.3, 0.4) is 0 Å². The van der Waals surface area contributed by atoms with E-state index in [1.165, 1.54) is 46.6 Å². The fraction of sp³-hybridized carbons (Fsp3) is 0.182. The second kappa shape index (κ2) is 11.5. The van der Waals surface area contributed by atoms with Gasteiger partial charge >= 0.3 is 6.30 Å². The Bertz CT molecular complexity index is 2400. The topological polar surface area (TPSA) is 110 Å². The predicted octanol–water partition coefficient (Wildman–Crippen LogP) is 5.40. The first-order valence-corrected chi connectivity index (χ1v) is 15.6. The van der Waals surface area contributed by atoms with Gasteiger partial charge in [0, 0.05) is 67.9 Å². The van der Waals surface area contributed by atoms with Gasteiger partial charge in [-0.05, 0) is 47.9 Å². The fourth-order valence-corrected chi connectivity index (χ4v) is 7.07. The highest BCUT2D eigenvalue weighted by atomic mass is 32.2. The molecule has 0 saturated carbocycles. The Morgan fingerprint density at radius 3 is 2.21 bits per heavy atom. The lowest BCUT2D eigenvalue weighted by Gasteiger charge is -2.15. The van der Waals surface area contributed by atoms with Crippen LogP contribution in [0.2, 0.25) is 0 Å². The Hall–Kier alpha value is -5.21. The van der Waals surface area contributed by atoms with Crippen LogP contribution in [-0.2, 0) is 41.8 Å². The summed E-state index contributed by atoms with van der Waals surface area (Å²) >= 11 is 0. The number of halogens is 3. The van der Waals surface area contributed by atoms with E-state index in [9.17, 15) is 31.2 Å². The Kier molecular flexibility index (Phi) is 7.80. The molecule has 47 heavy (non-hydrogen) atoms. The van der Waals surface area contributed by atoms with E-state index in [1.54, 1.807) is 39.4 Å². The summed E-state index contributed by atoms with van der Waals surface area (Å²) in [5, 5.41) is 3.52. The van der Waals surface area contributed by atoms with Crippen LogP contribution >= 0.6 is 0 Å². The molecule has 10 nitrogen and oxygen atoms in total. The van der Waals surface area contributed by atoms with Crippen LogP contribution in [0.1, 0.15) is 11.1 Å². The molecular formula is C33H28F3N5O5S. The molecule has 0 atom stereocenters. The Balaban J connectivity index is 1.74. The van der Waals surface area contributed by atoms with Gasteiger partial charge in [-0.25, -0.2) is 12.4 Å². The van der Waals surface area contributed by atoms with Crippen molar-refractivity contribution in [2.24, 2.45) is 14.1 Å². The van der Waals surface area contributed by atoms with Crippen LogP contribution in [0.25, 0.3) is 44.4 Å². The van der Waals surface area contributed by atoms with E-state index in [-0.39, 0.29) is 37.3 Å². The number of alkyl halides is 3. The van der Waals surface area contributed by atoms with Crippen LogP contribution in [0.15, 0.2) is 99.9 Å². The zero-order valence-electron chi connectivity index (χ0n) is 25.6. The van der Waals surface area contributed by atoms with Gasteiger partial charge in [-0.1, -0.05) is 35.9 Å². The molecule has 0 spiro atoms. The molecule has 6 aromatic rings. The average Bonchev–Trinajstić information content (AvgIpc) is 3.68. The fourth-order valence-electron chi connectivity index (χ4n) is 5.54. The highest BCUT2D eigenvalue weighted by Crippen LogP contribution is 2.39. The summed E-state index contributed by atoms with van der Waals surface area (Å²) in [4.78, 5) is 26.8. The number of rotatable bonds is 7. The van der Waals surface area contributed by atoms with Crippen molar-refractivity contribution in [1.82, 2.24) is 22.9 Å². The molecule has 0 unspecified atom stereocenters. The first-order chi connectivity index (χ1) is 22.2. The molecule has 4 aromatic heterocycles. The monoisotopic (exact) mass is 663 g/mol. The van der Waals surface area contributed by atoms with Crippen molar-refractivity contribution in [2.45, 2.75) is 24.7 Å². The summed E-state index contributed by atoms with van der Waals surface area (Å²) in [6, 6.07) is 16.0. The first kappa shape index (κ1) is 31.8. The summed E-state index contributed by atoms with van der Waals surface area (Å²) in [7, 11) is 0.0225. The lowest BCUT2D eigenvalue weighted by molar-refractivity contribution is -0.212. The highest BCUT2D eigenvalue weighted by molar-refractivity contribution is 7.90. The molecule has 0 aliphatic carbocycles. The zero-order chi connectivity index (χ0) is 33.8. The minimum absolute atomic E-state index is 0.112. The molecule has 0 bridgehead atoms. The van der Waals surface area contributed by atoms with E-state index in [1.807, 2.05) is 24.3 Å². The van der Waals surface area contributed by atoms with Crippen LogP contribution in [0.5, 0.6) is 0 Å². The number of fused-ring (bicyclic) bond motifs is 1. The Labute approximate surface area is 266 Å². The van der Waals surface area contributed by atoms with E-state index in [2.05, 4.69) is 5.10 Å². The summed E-state index contributed by atoms with van der Waals surface area (Å²) in [5.74, 6) is 0. The van der Waals surface area contributed by atoms with Gasteiger partial charge in [-0.15, -0.1) is 13.2 Å². The number of hydrogen-bond acceptors (Lipinski definition) is 6. The minimum atomic E-state index is -4.87. The number of pyridine rings is 2. The molecule has 6 rings (SSSR count). The summed E-state index contributed by atoms with van der Waals surface area (Å²) in [6.45, 7) is 2.10. The molecule has 2 aromatic carbocycles. The number of methoxy groups -OCH3 is 1. The van der Waals surface area contributed by atoms with Crippen molar-refractivity contribution in [3.05, 3.63) is 117 Å². The van der Waals surface area contributed by atoms with E-state index >= 15 is 0 Å². The first-order valence-electron chi connectivity index (χ1n) is 14.2. The molecular weight excluding hydrogens is 635 g/mol. The smallest absolute Gasteiger partial charge is 0.380 e. The third-order valence-corrected chi connectivity index (χ3v) is 9.59. The van der Waals surface area contributed by atoms with Crippen molar-refractivity contribution in [3.8, 4) is 33.5 Å². The lowest BCUT2D eigenvalue weighted by Crippen LogP contribution is -2.23. The van der Waals surface area contributed by atoms with Crippen molar-refractivity contribution in [1.29, 1.82) is 0 Å². The zero-order valence-corrected chi connectivity index (χ0v) is 26.4. The minimum Gasteiger partial charge on any atom is -0.380 e. The summed E-state index contributed by atoms with van der Waals surface area (Å²) < 4.78 is 77.8. The van der Waals surface area contributed by atoms with Gasteiger partial charge in [-0.3, -0.25) is 9.59 Å². The molecule has 0 radical (unpaired) electrons. The van der Waals surface area contributed by atoms with Gasteiger partial charge in [0.05, 0.1) is 23.4 Å². The Morgan fingerprint density at radius 2 is 1.55 bits per heavy atom. The van der Waals surface area contributed by atoms with Gasteiger partial charge in [-0.2, -0.15) is 9.78 Å². The van der Waals surface area contributed by atoms with Crippen LogP contribution in [-0.4, -0.2) is 38.4 Å². The number of hydrogen-bond donors (Lipinski definition) is 0. The molecule has 242 valence electrons. The quantitative estimate of drug-likeness (QED) is 0.226. The van der Waals surface area contributed by atoms with Crippen molar-refractivity contribution < 1.29 is 26.3 Å². The van der Waals surface area contributed by atoms with Crippen LogP contribution in [0.4, 0.5) is 13.2 Å². The normalized spacial score (nSPS) is 12.2. The van der Waals surface area contributed by atoms with Crippen molar-refractivity contribution in [2.75, 3.05) is 7.11 Å². The van der Waals surface area contributed by atoms with Gasteiger partial charge in [0.1, 0.15) is 5.52 Å². The molecule has 0 aliphatic heterocycles. The van der Waals surface area contributed by atoms with Gasteiger partial charge in [0.2, 0.25) is 0 Å². The number of ether oxygens (including phenoxy) is 1. The maximum atomic E-state index is 14.3. The van der Waals surface area contributed by atoms with Crippen LogP contribution in [0, 0.1) is 6.92 Å². The molecule has 4 heterocycles. The Morgan fingerprint density at radius 1 is 0.851 bits per heavy atom. The van der Waals surface area contributed by atoms with Gasteiger partial charge in [0.25, 0.3) is 21.1 Å². The maximum absolute atomic E-state index is 14.3. The number of aromatic nitrogens is 5. The second-order valence-corrected chi connectivity index (χ2v) is 12.9. The van der Waals surface area contributed by atoms with Crippen LogP contribution < -0.4 is 11.1 Å². The van der Waals surface area contributed by atoms with E-state index in [0.717, 1.165) is 21.3 Å². The number of aryl methyl sites for hydroxylation is 3. The number of nitrogens with zero attached hydrogens (tertiary/aromatic N) is 5. The third kappa shape index (κ3) is 5.59. The third-order valence-electron chi connectivity index (χ3n) is 7.86. The average molecular weight is 664 g/mol. The van der Waals surface area contributed by atoms with Crippen molar-refractivity contribution >= 4 is 20.9 Å². The molecule has 14 heteroatoms.